The van der Waals surface area contributed by atoms with E-state index in [0.717, 1.165) is 12.8 Å². The van der Waals surface area contributed by atoms with E-state index in [1.54, 1.807) is 0 Å². The lowest BCUT2D eigenvalue weighted by atomic mass is 10.1. The standard InChI is InChI=1S/C14H28F3NO3/c1-2-3-4-5-6-7-8-21-11-12(19)9-18-10-13(20)14(15,16)17/h12-13,18-20H,2-11H2,1H3. The van der Waals surface area contributed by atoms with Crippen LogP contribution < -0.4 is 5.32 Å². The average molecular weight is 315 g/mol. The first-order chi connectivity index (χ1) is 9.88. The minimum Gasteiger partial charge on any atom is -0.389 e. The SMILES string of the molecule is CCCCCCCCOCC(O)CNCC(O)C(F)(F)F. The fraction of sp³-hybridized carbons (Fsp3) is 1.00. The summed E-state index contributed by atoms with van der Waals surface area (Å²) < 4.78 is 41.2. The molecule has 128 valence electrons. The number of hydrogen-bond acceptors (Lipinski definition) is 4. The normalized spacial score (nSPS) is 15.1. The molecular formula is C14H28F3NO3. The van der Waals surface area contributed by atoms with Crippen LogP contribution in [0.5, 0.6) is 0 Å². The first kappa shape index (κ1) is 20.6. The number of unbranched alkanes of at least 4 members (excludes halogenated alkanes) is 5. The zero-order valence-electron chi connectivity index (χ0n) is 12.7. The van der Waals surface area contributed by atoms with Gasteiger partial charge in [-0.25, -0.2) is 0 Å². The van der Waals surface area contributed by atoms with E-state index in [4.69, 9.17) is 9.84 Å². The summed E-state index contributed by atoms with van der Waals surface area (Å²) >= 11 is 0. The van der Waals surface area contributed by atoms with Crippen molar-refractivity contribution in [1.82, 2.24) is 5.32 Å². The molecule has 0 aliphatic rings. The monoisotopic (exact) mass is 315 g/mol. The van der Waals surface area contributed by atoms with Gasteiger partial charge < -0.3 is 20.3 Å². The van der Waals surface area contributed by atoms with Crippen molar-refractivity contribution in [1.29, 1.82) is 0 Å². The quantitative estimate of drug-likeness (QED) is 0.456. The highest BCUT2D eigenvalue weighted by Gasteiger charge is 2.37. The average Bonchev–Trinajstić information content (AvgIpc) is 2.40. The molecule has 0 radical (unpaired) electrons. The molecule has 0 saturated carbocycles. The van der Waals surface area contributed by atoms with Crippen molar-refractivity contribution in [2.24, 2.45) is 0 Å². The number of nitrogens with one attached hydrogen (secondary N) is 1. The van der Waals surface area contributed by atoms with Crippen LogP contribution in [0.15, 0.2) is 0 Å². The Morgan fingerprint density at radius 2 is 1.62 bits per heavy atom. The fourth-order valence-corrected chi connectivity index (χ4v) is 1.77. The zero-order valence-corrected chi connectivity index (χ0v) is 12.7. The Hall–Kier alpha value is -0.370. The van der Waals surface area contributed by atoms with Gasteiger partial charge in [-0.3, -0.25) is 0 Å². The third-order valence-corrected chi connectivity index (χ3v) is 3.05. The van der Waals surface area contributed by atoms with Gasteiger partial charge in [0.25, 0.3) is 0 Å². The van der Waals surface area contributed by atoms with Crippen molar-refractivity contribution in [3.63, 3.8) is 0 Å². The number of halogens is 3. The summed E-state index contributed by atoms with van der Waals surface area (Å²) in [6, 6.07) is 0. The molecule has 0 aliphatic heterocycles. The molecular weight excluding hydrogens is 287 g/mol. The van der Waals surface area contributed by atoms with Crippen LogP contribution in [0.2, 0.25) is 0 Å². The molecule has 2 atom stereocenters. The molecule has 0 aromatic carbocycles. The van der Waals surface area contributed by atoms with Crippen LogP contribution in [0.4, 0.5) is 13.2 Å². The lowest BCUT2D eigenvalue weighted by molar-refractivity contribution is -0.202. The van der Waals surface area contributed by atoms with Crippen molar-refractivity contribution in [2.75, 3.05) is 26.3 Å². The first-order valence-electron chi connectivity index (χ1n) is 7.59. The molecule has 0 aliphatic carbocycles. The van der Waals surface area contributed by atoms with Gasteiger partial charge in [0.05, 0.1) is 12.7 Å². The summed E-state index contributed by atoms with van der Waals surface area (Å²) in [5.41, 5.74) is 0. The Morgan fingerprint density at radius 3 is 2.24 bits per heavy atom. The predicted molar refractivity (Wildman–Crippen MR) is 75.1 cm³/mol. The van der Waals surface area contributed by atoms with Crippen molar-refractivity contribution < 1.29 is 28.1 Å². The molecule has 0 heterocycles. The Balaban J connectivity index is 3.37. The van der Waals surface area contributed by atoms with E-state index < -0.39 is 24.9 Å². The minimum absolute atomic E-state index is 0.0381. The molecule has 2 unspecified atom stereocenters. The first-order valence-corrected chi connectivity index (χ1v) is 7.59. The maximum absolute atomic E-state index is 12.0. The maximum atomic E-state index is 12.0. The van der Waals surface area contributed by atoms with E-state index in [9.17, 15) is 18.3 Å². The Bertz CT molecular complexity index is 240. The van der Waals surface area contributed by atoms with Crippen molar-refractivity contribution in [3.05, 3.63) is 0 Å². The topological polar surface area (TPSA) is 61.7 Å². The van der Waals surface area contributed by atoms with Gasteiger partial charge in [0.2, 0.25) is 0 Å². The number of aliphatic hydroxyl groups is 2. The second-order valence-corrected chi connectivity index (χ2v) is 5.21. The molecule has 7 heteroatoms. The molecule has 0 fully saturated rings. The molecule has 21 heavy (non-hydrogen) atoms. The van der Waals surface area contributed by atoms with E-state index in [1.807, 2.05) is 0 Å². The summed E-state index contributed by atoms with van der Waals surface area (Å²) in [5.74, 6) is 0. The van der Waals surface area contributed by atoms with E-state index in [0.29, 0.717) is 6.61 Å². The van der Waals surface area contributed by atoms with Gasteiger partial charge in [0.1, 0.15) is 0 Å². The van der Waals surface area contributed by atoms with E-state index >= 15 is 0 Å². The molecule has 0 aromatic rings. The number of hydrogen-bond donors (Lipinski definition) is 3. The van der Waals surface area contributed by atoms with Crippen LogP contribution in [-0.4, -0.2) is 54.9 Å². The summed E-state index contributed by atoms with van der Waals surface area (Å²) in [6.45, 7) is 2.13. The fourth-order valence-electron chi connectivity index (χ4n) is 1.77. The van der Waals surface area contributed by atoms with Crippen molar-refractivity contribution >= 4 is 0 Å². The Kier molecular flexibility index (Phi) is 12.0. The molecule has 0 amide bonds. The smallest absolute Gasteiger partial charge is 0.389 e. The lowest BCUT2D eigenvalue weighted by Gasteiger charge is -2.17. The minimum atomic E-state index is -4.63. The van der Waals surface area contributed by atoms with Crippen LogP contribution in [0.25, 0.3) is 0 Å². The molecule has 0 saturated heterocycles. The predicted octanol–water partition coefficient (Wildman–Crippen LogP) is 2.24. The highest BCUT2D eigenvalue weighted by molar-refractivity contribution is 4.69. The van der Waals surface area contributed by atoms with Gasteiger partial charge in [-0.2, -0.15) is 13.2 Å². The Labute approximate surface area is 124 Å². The van der Waals surface area contributed by atoms with E-state index in [-0.39, 0.29) is 13.2 Å². The summed E-state index contributed by atoms with van der Waals surface area (Å²) in [6.07, 6.45) is -1.04. The van der Waals surface area contributed by atoms with Gasteiger partial charge >= 0.3 is 6.18 Å². The highest BCUT2D eigenvalue weighted by atomic mass is 19.4. The second kappa shape index (κ2) is 12.2. The lowest BCUT2D eigenvalue weighted by Crippen LogP contribution is -2.41. The van der Waals surface area contributed by atoms with E-state index in [1.165, 1.54) is 25.7 Å². The Morgan fingerprint density at radius 1 is 1.00 bits per heavy atom. The molecule has 0 spiro atoms. The number of aliphatic hydroxyl groups excluding tert-OH is 2. The third kappa shape index (κ3) is 13.0. The molecule has 4 nitrogen and oxygen atoms in total. The van der Waals surface area contributed by atoms with Crippen molar-refractivity contribution in [2.45, 2.75) is 63.8 Å². The summed E-state index contributed by atoms with van der Waals surface area (Å²) in [4.78, 5) is 0. The van der Waals surface area contributed by atoms with Crippen LogP contribution in [-0.2, 0) is 4.74 Å². The van der Waals surface area contributed by atoms with Gasteiger partial charge in [-0.1, -0.05) is 39.0 Å². The molecule has 0 aromatic heterocycles. The van der Waals surface area contributed by atoms with Crippen LogP contribution in [0.3, 0.4) is 0 Å². The van der Waals surface area contributed by atoms with Crippen molar-refractivity contribution in [3.8, 4) is 0 Å². The van der Waals surface area contributed by atoms with Gasteiger partial charge in [-0.15, -0.1) is 0 Å². The largest absolute Gasteiger partial charge is 0.415 e. The highest BCUT2D eigenvalue weighted by Crippen LogP contribution is 2.19. The maximum Gasteiger partial charge on any atom is 0.415 e. The number of rotatable bonds is 13. The van der Waals surface area contributed by atoms with Crippen LogP contribution in [0, 0.1) is 0 Å². The second-order valence-electron chi connectivity index (χ2n) is 5.21. The van der Waals surface area contributed by atoms with E-state index in [2.05, 4.69) is 12.2 Å². The van der Waals surface area contributed by atoms with Gasteiger partial charge in [-0.05, 0) is 6.42 Å². The molecule has 0 rings (SSSR count). The number of ether oxygens (including phenoxy) is 1. The molecule has 3 N–H and O–H groups in total. The van der Waals surface area contributed by atoms with Crippen LogP contribution in [0.1, 0.15) is 45.4 Å². The van der Waals surface area contributed by atoms with Gasteiger partial charge in [0.15, 0.2) is 6.10 Å². The van der Waals surface area contributed by atoms with Crippen LogP contribution >= 0.6 is 0 Å². The number of alkyl halides is 3. The zero-order chi connectivity index (χ0) is 16.1. The summed E-state index contributed by atoms with van der Waals surface area (Å²) in [5, 5.41) is 20.6. The molecule has 0 bridgehead atoms. The summed E-state index contributed by atoms with van der Waals surface area (Å²) in [7, 11) is 0. The third-order valence-electron chi connectivity index (χ3n) is 3.05. The van der Waals surface area contributed by atoms with Gasteiger partial charge in [0, 0.05) is 19.7 Å².